The third kappa shape index (κ3) is 2.98. The molecule has 0 saturated carbocycles. The van der Waals surface area contributed by atoms with E-state index in [0.717, 1.165) is 5.71 Å². The number of hydrogen-bond donors (Lipinski definition) is 0. The van der Waals surface area contributed by atoms with Crippen LogP contribution in [0.4, 0.5) is 5.69 Å². The van der Waals surface area contributed by atoms with Crippen LogP contribution >= 0.6 is 0 Å². The summed E-state index contributed by atoms with van der Waals surface area (Å²) in [6.07, 6.45) is 0.305. The van der Waals surface area contributed by atoms with E-state index in [2.05, 4.69) is 5.10 Å². The third-order valence-corrected chi connectivity index (χ3v) is 5.40. The minimum atomic E-state index is -3.47. The molecule has 1 aromatic rings. The van der Waals surface area contributed by atoms with Crippen LogP contribution in [0.15, 0.2) is 34.3 Å². The number of nitrogens with zero attached hydrogens (tertiary/aromatic N) is 3. The van der Waals surface area contributed by atoms with Gasteiger partial charge < -0.3 is 0 Å². The van der Waals surface area contributed by atoms with Gasteiger partial charge in [-0.05, 0) is 31.2 Å². The van der Waals surface area contributed by atoms with Gasteiger partial charge in [0.1, 0.15) is 0 Å². The summed E-state index contributed by atoms with van der Waals surface area (Å²) >= 11 is 0. The van der Waals surface area contributed by atoms with Crippen molar-refractivity contribution in [3.8, 4) is 0 Å². The van der Waals surface area contributed by atoms with Gasteiger partial charge in [0.2, 0.25) is 10.0 Å². The Labute approximate surface area is 125 Å². The van der Waals surface area contributed by atoms with E-state index in [1.165, 1.54) is 21.4 Å². The number of rotatable bonds is 5. The Morgan fingerprint density at radius 2 is 1.76 bits per heavy atom. The van der Waals surface area contributed by atoms with Crippen LogP contribution in [0.5, 0.6) is 0 Å². The highest BCUT2D eigenvalue weighted by atomic mass is 32.2. The van der Waals surface area contributed by atoms with Gasteiger partial charge >= 0.3 is 0 Å². The van der Waals surface area contributed by atoms with Gasteiger partial charge in [0.05, 0.1) is 17.0 Å². The fraction of sp³-hybridized carbons (Fsp3) is 0.429. The molecule has 2 rings (SSSR count). The third-order valence-electron chi connectivity index (χ3n) is 3.34. The topological polar surface area (TPSA) is 70.1 Å². The Bertz CT molecular complexity index is 661. The number of anilines is 1. The molecule has 114 valence electrons. The largest absolute Gasteiger partial charge is 0.272 e. The van der Waals surface area contributed by atoms with Crippen molar-refractivity contribution >= 4 is 27.3 Å². The predicted octanol–water partition coefficient (Wildman–Crippen LogP) is 1.83. The Hall–Kier alpha value is -1.73. The van der Waals surface area contributed by atoms with E-state index in [-0.39, 0.29) is 10.8 Å². The fourth-order valence-corrected chi connectivity index (χ4v) is 3.69. The summed E-state index contributed by atoms with van der Waals surface area (Å²) < 4.78 is 26.1. The molecule has 1 aliphatic heterocycles. The van der Waals surface area contributed by atoms with Gasteiger partial charge in [-0.15, -0.1) is 0 Å². The molecule has 7 heteroatoms. The molecule has 1 amide bonds. The molecule has 0 aliphatic carbocycles. The molecule has 0 atom stereocenters. The van der Waals surface area contributed by atoms with Crippen molar-refractivity contribution < 1.29 is 13.2 Å². The SMILES string of the molecule is CCN(CC)S(=O)(=O)c1ccc(N2N=C(C)CC2=O)cc1. The minimum Gasteiger partial charge on any atom is -0.272 e. The van der Waals surface area contributed by atoms with E-state index in [4.69, 9.17) is 0 Å². The predicted molar refractivity (Wildman–Crippen MR) is 81.8 cm³/mol. The van der Waals surface area contributed by atoms with E-state index < -0.39 is 10.0 Å². The van der Waals surface area contributed by atoms with Gasteiger partial charge in [0.25, 0.3) is 5.91 Å². The smallest absolute Gasteiger partial charge is 0.253 e. The highest BCUT2D eigenvalue weighted by Crippen LogP contribution is 2.23. The molecular formula is C14H19N3O3S. The number of carbonyl (C=O) groups excluding carboxylic acids is 1. The lowest BCUT2D eigenvalue weighted by molar-refractivity contribution is -0.116. The molecule has 0 bridgehead atoms. The van der Waals surface area contributed by atoms with E-state index in [1.54, 1.807) is 32.9 Å². The van der Waals surface area contributed by atoms with Crippen LogP contribution in [0.3, 0.4) is 0 Å². The quantitative estimate of drug-likeness (QED) is 0.833. The second kappa shape index (κ2) is 5.95. The van der Waals surface area contributed by atoms with Gasteiger partial charge in [-0.3, -0.25) is 4.79 Å². The first kappa shape index (κ1) is 15.7. The van der Waals surface area contributed by atoms with Crippen molar-refractivity contribution in [2.75, 3.05) is 18.1 Å². The molecule has 0 fully saturated rings. The molecule has 0 N–H and O–H groups in total. The molecule has 0 spiro atoms. The van der Waals surface area contributed by atoms with Crippen molar-refractivity contribution in [1.29, 1.82) is 0 Å². The Kier molecular flexibility index (Phi) is 4.43. The lowest BCUT2D eigenvalue weighted by Crippen LogP contribution is -2.30. The lowest BCUT2D eigenvalue weighted by Gasteiger charge is -2.19. The Morgan fingerprint density at radius 3 is 2.19 bits per heavy atom. The monoisotopic (exact) mass is 309 g/mol. The number of benzene rings is 1. The summed E-state index contributed by atoms with van der Waals surface area (Å²) in [5.74, 6) is -0.105. The zero-order chi connectivity index (χ0) is 15.6. The molecular weight excluding hydrogens is 290 g/mol. The number of amides is 1. The van der Waals surface area contributed by atoms with Crippen molar-refractivity contribution in [2.45, 2.75) is 32.1 Å². The maximum absolute atomic E-state index is 12.4. The summed E-state index contributed by atoms with van der Waals surface area (Å²) in [7, 11) is -3.47. The fourth-order valence-electron chi connectivity index (χ4n) is 2.23. The van der Waals surface area contributed by atoms with Gasteiger partial charge in [0, 0.05) is 18.8 Å². The standard InChI is InChI=1S/C14H19N3O3S/c1-4-16(5-2)21(19,20)13-8-6-12(7-9-13)17-14(18)10-11(3)15-17/h6-9H,4-5,10H2,1-3H3. The van der Waals surface area contributed by atoms with Gasteiger partial charge in [-0.2, -0.15) is 9.41 Å². The second-order valence-electron chi connectivity index (χ2n) is 4.80. The number of hydrazone groups is 1. The Morgan fingerprint density at radius 1 is 1.19 bits per heavy atom. The van der Waals surface area contributed by atoms with E-state index in [0.29, 0.717) is 25.2 Å². The van der Waals surface area contributed by atoms with Gasteiger partial charge in [-0.1, -0.05) is 13.8 Å². The number of hydrogen-bond acceptors (Lipinski definition) is 4. The first-order valence-electron chi connectivity index (χ1n) is 6.87. The van der Waals surface area contributed by atoms with Crippen LogP contribution in [-0.2, 0) is 14.8 Å². The van der Waals surface area contributed by atoms with Crippen molar-refractivity contribution in [2.24, 2.45) is 5.10 Å². The maximum atomic E-state index is 12.4. The average molecular weight is 309 g/mol. The van der Waals surface area contributed by atoms with E-state index in [1.807, 2.05) is 0 Å². The molecule has 0 saturated heterocycles. The van der Waals surface area contributed by atoms with Crippen LogP contribution in [0.2, 0.25) is 0 Å². The highest BCUT2D eigenvalue weighted by Gasteiger charge is 2.25. The Balaban J connectivity index is 2.30. The molecule has 0 unspecified atom stereocenters. The highest BCUT2D eigenvalue weighted by molar-refractivity contribution is 7.89. The zero-order valence-corrected chi connectivity index (χ0v) is 13.2. The molecule has 21 heavy (non-hydrogen) atoms. The lowest BCUT2D eigenvalue weighted by atomic mass is 10.3. The normalized spacial score (nSPS) is 15.7. The van der Waals surface area contributed by atoms with Crippen molar-refractivity contribution in [3.05, 3.63) is 24.3 Å². The average Bonchev–Trinajstić information content (AvgIpc) is 2.79. The van der Waals surface area contributed by atoms with Crippen LogP contribution in [0.25, 0.3) is 0 Å². The molecule has 0 aromatic heterocycles. The summed E-state index contributed by atoms with van der Waals surface area (Å²) in [4.78, 5) is 12.0. The molecule has 1 heterocycles. The zero-order valence-electron chi connectivity index (χ0n) is 12.4. The summed E-state index contributed by atoms with van der Waals surface area (Å²) in [5, 5.41) is 5.45. The second-order valence-corrected chi connectivity index (χ2v) is 6.74. The van der Waals surface area contributed by atoms with Crippen molar-refractivity contribution in [1.82, 2.24) is 4.31 Å². The van der Waals surface area contributed by atoms with E-state index in [9.17, 15) is 13.2 Å². The first-order valence-corrected chi connectivity index (χ1v) is 8.31. The molecule has 6 nitrogen and oxygen atoms in total. The number of carbonyl (C=O) groups is 1. The van der Waals surface area contributed by atoms with Crippen LogP contribution < -0.4 is 5.01 Å². The van der Waals surface area contributed by atoms with Gasteiger partial charge in [-0.25, -0.2) is 13.4 Å². The molecule has 1 aliphatic rings. The first-order chi connectivity index (χ1) is 9.90. The van der Waals surface area contributed by atoms with Crippen LogP contribution in [-0.4, -0.2) is 37.4 Å². The van der Waals surface area contributed by atoms with Gasteiger partial charge in [0.15, 0.2) is 0 Å². The van der Waals surface area contributed by atoms with Crippen molar-refractivity contribution in [3.63, 3.8) is 0 Å². The van der Waals surface area contributed by atoms with E-state index >= 15 is 0 Å². The molecule has 1 aromatic carbocycles. The summed E-state index contributed by atoms with van der Waals surface area (Å²) in [6.45, 7) is 6.24. The summed E-state index contributed by atoms with van der Waals surface area (Å²) in [5.41, 5.74) is 1.33. The van der Waals surface area contributed by atoms with Crippen LogP contribution in [0.1, 0.15) is 27.2 Å². The summed E-state index contributed by atoms with van der Waals surface area (Å²) in [6, 6.07) is 6.24. The minimum absolute atomic E-state index is 0.105. The van der Waals surface area contributed by atoms with Crippen LogP contribution in [0, 0.1) is 0 Å². The maximum Gasteiger partial charge on any atom is 0.253 e. The molecule has 0 radical (unpaired) electrons. The number of sulfonamides is 1.